The Morgan fingerprint density at radius 2 is 1.70 bits per heavy atom. The van der Waals surface area contributed by atoms with Crippen LogP contribution in [0.5, 0.6) is 0 Å². The summed E-state index contributed by atoms with van der Waals surface area (Å²) in [4.78, 5) is 0. The van der Waals surface area contributed by atoms with Crippen molar-refractivity contribution < 1.29 is 8.78 Å². The summed E-state index contributed by atoms with van der Waals surface area (Å²) >= 11 is 2.98. The lowest BCUT2D eigenvalue weighted by Gasteiger charge is -2.25. The summed E-state index contributed by atoms with van der Waals surface area (Å²) < 4.78 is 27.9. The molecule has 0 spiro atoms. The van der Waals surface area contributed by atoms with Crippen LogP contribution >= 0.6 is 15.9 Å². The van der Waals surface area contributed by atoms with Crippen molar-refractivity contribution in [2.45, 2.75) is 24.3 Å². The van der Waals surface area contributed by atoms with Crippen LogP contribution in [0.25, 0.3) is 0 Å². The second-order valence-electron chi connectivity index (χ2n) is 5.29. The molecule has 1 fully saturated rings. The van der Waals surface area contributed by atoms with E-state index in [1.165, 1.54) is 6.07 Å². The monoisotopic (exact) mass is 337 g/mol. The van der Waals surface area contributed by atoms with E-state index in [1.807, 2.05) is 30.3 Å². The fraction of sp³-hybridized carbons (Fsp3) is 0.250. The number of hydrogen-bond acceptors (Lipinski definition) is 1. The van der Waals surface area contributed by atoms with Gasteiger partial charge in [0.1, 0.15) is 11.6 Å². The average Bonchev–Trinajstić information content (AvgIpc) is 3.25. The molecule has 2 aromatic rings. The molecule has 1 atom stereocenters. The van der Waals surface area contributed by atoms with E-state index in [4.69, 9.17) is 5.73 Å². The molecular formula is C16H14BrF2N. The Bertz CT molecular complexity index is 638. The SMILES string of the molecule is NC(c1cc(F)c(Br)cc1F)C1(c2ccccc2)CC1. The second-order valence-corrected chi connectivity index (χ2v) is 6.14. The van der Waals surface area contributed by atoms with E-state index >= 15 is 0 Å². The molecule has 20 heavy (non-hydrogen) atoms. The molecule has 1 unspecified atom stereocenters. The van der Waals surface area contributed by atoms with Crippen LogP contribution in [0.2, 0.25) is 0 Å². The minimum absolute atomic E-state index is 0.121. The number of nitrogens with two attached hydrogens (primary N) is 1. The first-order valence-corrected chi connectivity index (χ1v) is 7.29. The lowest BCUT2D eigenvalue weighted by molar-refractivity contribution is 0.496. The van der Waals surface area contributed by atoms with Gasteiger partial charge in [-0.25, -0.2) is 8.78 Å². The summed E-state index contributed by atoms with van der Waals surface area (Å²) in [5.41, 5.74) is 7.34. The number of halogens is 3. The van der Waals surface area contributed by atoms with Gasteiger partial charge < -0.3 is 5.73 Å². The van der Waals surface area contributed by atoms with Crippen LogP contribution < -0.4 is 5.73 Å². The van der Waals surface area contributed by atoms with Gasteiger partial charge >= 0.3 is 0 Å². The summed E-state index contributed by atoms with van der Waals surface area (Å²) in [6, 6.07) is 11.6. The number of hydrogen-bond donors (Lipinski definition) is 1. The second kappa shape index (κ2) is 4.93. The van der Waals surface area contributed by atoms with E-state index in [0.717, 1.165) is 24.5 Å². The van der Waals surface area contributed by atoms with Gasteiger partial charge in [0.2, 0.25) is 0 Å². The van der Waals surface area contributed by atoms with Crippen LogP contribution in [0.3, 0.4) is 0 Å². The van der Waals surface area contributed by atoms with Crippen LogP contribution in [0.1, 0.15) is 30.0 Å². The maximum atomic E-state index is 14.1. The zero-order valence-electron chi connectivity index (χ0n) is 10.7. The average molecular weight is 338 g/mol. The van der Waals surface area contributed by atoms with Crippen LogP contribution in [-0.4, -0.2) is 0 Å². The molecule has 1 aliphatic rings. The van der Waals surface area contributed by atoms with Gasteiger partial charge in [0.25, 0.3) is 0 Å². The molecule has 0 aromatic heterocycles. The predicted octanol–water partition coefficient (Wildman–Crippen LogP) is 4.46. The lowest BCUT2D eigenvalue weighted by atomic mass is 9.84. The third kappa shape index (κ3) is 2.17. The van der Waals surface area contributed by atoms with Crippen molar-refractivity contribution in [3.8, 4) is 0 Å². The van der Waals surface area contributed by atoms with Crippen LogP contribution in [-0.2, 0) is 5.41 Å². The van der Waals surface area contributed by atoms with Crippen molar-refractivity contribution in [1.29, 1.82) is 0 Å². The van der Waals surface area contributed by atoms with E-state index in [0.29, 0.717) is 0 Å². The van der Waals surface area contributed by atoms with E-state index in [-0.39, 0.29) is 15.5 Å². The van der Waals surface area contributed by atoms with E-state index in [1.54, 1.807) is 0 Å². The summed E-state index contributed by atoms with van der Waals surface area (Å²) in [6.45, 7) is 0. The van der Waals surface area contributed by atoms with Gasteiger partial charge in [-0.3, -0.25) is 0 Å². The van der Waals surface area contributed by atoms with Gasteiger partial charge in [0, 0.05) is 17.0 Å². The summed E-state index contributed by atoms with van der Waals surface area (Å²) in [6.07, 6.45) is 1.80. The molecule has 1 nitrogen and oxygen atoms in total. The third-order valence-corrected chi connectivity index (χ3v) is 4.72. The molecule has 0 aliphatic heterocycles. The lowest BCUT2D eigenvalue weighted by Crippen LogP contribution is -2.27. The molecule has 3 rings (SSSR count). The molecule has 1 saturated carbocycles. The van der Waals surface area contributed by atoms with E-state index in [9.17, 15) is 8.78 Å². The molecule has 1 aliphatic carbocycles. The fourth-order valence-corrected chi connectivity index (χ4v) is 3.07. The van der Waals surface area contributed by atoms with Crippen LogP contribution in [0.15, 0.2) is 46.9 Å². The van der Waals surface area contributed by atoms with Gasteiger partial charge in [-0.2, -0.15) is 0 Å². The summed E-state index contributed by atoms with van der Waals surface area (Å²) in [5.74, 6) is -0.950. The Morgan fingerprint density at radius 3 is 2.30 bits per heavy atom. The number of benzene rings is 2. The van der Waals surface area contributed by atoms with Gasteiger partial charge in [-0.05, 0) is 46.5 Å². The first kappa shape index (κ1) is 13.7. The standard InChI is InChI=1S/C16H14BrF2N/c17-12-9-13(18)11(8-14(12)19)15(20)16(6-7-16)10-4-2-1-3-5-10/h1-5,8-9,15H,6-7,20H2. The van der Waals surface area contributed by atoms with Crippen LogP contribution in [0, 0.1) is 11.6 Å². The van der Waals surface area contributed by atoms with Gasteiger partial charge in [-0.1, -0.05) is 30.3 Å². The van der Waals surface area contributed by atoms with Crippen molar-refractivity contribution in [2.75, 3.05) is 0 Å². The molecule has 2 aromatic carbocycles. The van der Waals surface area contributed by atoms with Crippen LogP contribution in [0.4, 0.5) is 8.78 Å². The quantitative estimate of drug-likeness (QED) is 0.822. The maximum Gasteiger partial charge on any atom is 0.137 e. The molecule has 2 N–H and O–H groups in total. The highest BCUT2D eigenvalue weighted by Crippen LogP contribution is 2.55. The van der Waals surface area contributed by atoms with Crippen molar-refractivity contribution >= 4 is 15.9 Å². The molecule has 0 bridgehead atoms. The Labute approximate surface area is 124 Å². The smallest absolute Gasteiger partial charge is 0.137 e. The number of rotatable bonds is 3. The third-order valence-electron chi connectivity index (χ3n) is 4.11. The van der Waals surface area contributed by atoms with Crippen molar-refractivity contribution in [1.82, 2.24) is 0 Å². The van der Waals surface area contributed by atoms with E-state index in [2.05, 4.69) is 15.9 Å². The molecule has 0 amide bonds. The topological polar surface area (TPSA) is 26.0 Å². The van der Waals surface area contributed by atoms with Gasteiger partial charge in [-0.15, -0.1) is 0 Å². The minimum atomic E-state index is -0.535. The Balaban J connectivity index is 2.01. The fourth-order valence-electron chi connectivity index (χ4n) is 2.76. The molecule has 4 heteroatoms. The first-order valence-electron chi connectivity index (χ1n) is 6.50. The molecular weight excluding hydrogens is 324 g/mol. The zero-order valence-corrected chi connectivity index (χ0v) is 12.3. The molecule has 104 valence electrons. The van der Waals surface area contributed by atoms with Gasteiger partial charge in [0.05, 0.1) is 4.47 Å². The Morgan fingerprint density at radius 1 is 1.05 bits per heavy atom. The first-order chi connectivity index (χ1) is 9.54. The summed E-state index contributed by atoms with van der Waals surface area (Å²) in [5, 5.41) is 0. The Kier molecular flexibility index (Phi) is 3.38. The molecule has 0 saturated heterocycles. The summed E-state index contributed by atoms with van der Waals surface area (Å²) in [7, 11) is 0. The normalized spacial score (nSPS) is 17.8. The predicted molar refractivity (Wildman–Crippen MR) is 78.3 cm³/mol. The zero-order chi connectivity index (χ0) is 14.3. The van der Waals surface area contributed by atoms with Gasteiger partial charge in [0.15, 0.2) is 0 Å². The molecule has 0 radical (unpaired) electrons. The maximum absolute atomic E-state index is 14.1. The minimum Gasteiger partial charge on any atom is -0.323 e. The Hall–Kier alpha value is -1.26. The largest absolute Gasteiger partial charge is 0.323 e. The van der Waals surface area contributed by atoms with Crippen molar-refractivity contribution in [2.24, 2.45) is 5.73 Å². The highest BCUT2D eigenvalue weighted by Gasteiger charge is 2.50. The van der Waals surface area contributed by atoms with Crippen molar-refractivity contribution in [3.63, 3.8) is 0 Å². The van der Waals surface area contributed by atoms with Crippen molar-refractivity contribution in [3.05, 3.63) is 69.7 Å². The molecule has 0 heterocycles. The highest BCUT2D eigenvalue weighted by molar-refractivity contribution is 9.10. The highest BCUT2D eigenvalue weighted by atomic mass is 79.9. The van der Waals surface area contributed by atoms with E-state index < -0.39 is 17.7 Å².